The lowest BCUT2D eigenvalue weighted by molar-refractivity contribution is -0.116. The van der Waals surface area contributed by atoms with Crippen molar-refractivity contribution in [3.05, 3.63) is 70.0 Å². The number of amides is 1. The summed E-state index contributed by atoms with van der Waals surface area (Å²) in [4.78, 5) is 13.1. The molecule has 0 unspecified atom stereocenters. The normalized spacial score (nSPS) is 18.5. The Bertz CT molecular complexity index is 971. The molecule has 8 heteroatoms. The van der Waals surface area contributed by atoms with Gasteiger partial charge in [0.2, 0.25) is 11.1 Å². The van der Waals surface area contributed by atoms with Crippen molar-refractivity contribution in [2.24, 2.45) is 0 Å². The third-order valence-electron chi connectivity index (χ3n) is 4.41. The van der Waals surface area contributed by atoms with Crippen molar-refractivity contribution in [1.29, 1.82) is 0 Å². The van der Waals surface area contributed by atoms with E-state index in [4.69, 9.17) is 0 Å². The Balaban J connectivity index is 1.65. The van der Waals surface area contributed by atoms with Gasteiger partial charge in [-0.1, -0.05) is 57.5 Å². The molecule has 2 atom stereocenters. The van der Waals surface area contributed by atoms with E-state index in [-0.39, 0.29) is 17.2 Å². The Morgan fingerprint density at radius 3 is 2.52 bits per heavy atom. The van der Waals surface area contributed by atoms with Crippen LogP contribution in [0.1, 0.15) is 23.0 Å². The standard InChI is InChI=1S/C19H18BrN5OS/c1-11-3-5-13(6-4-11)16-17(27-19-23-22-12(2)25(19)24-16)18(26)21-15-9-7-14(20)8-10-15/h3-10,16-17,24H,1-2H3,(H,21,26)/t16-,17-/m0/s1. The lowest BCUT2D eigenvalue weighted by Crippen LogP contribution is -2.41. The number of aromatic nitrogens is 3. The Hall–Kier alpha value is -2.32. The van der Waals surface area contributed by atoms with E-state index in [2.05, 4.69) is 61.1 Å². The van der Waals surface area contributed by atoms with Crippen LogP contribution in [0, 0.1) is 13.8 Å². The predicted molar refractivity (Wildman–Crippen MR) is 110 cm³/mol. The molecule has 0 saturated heterocycles. The van der Waals surface area contributed by atoms with Crippen LogP contribution in [0.4, 0.5) is 5.69 Å². The summed E-state index contributed by atoms with van der Waals surface area (Å²) in [7, 11) is 0. The molecule has 2 N–H and O–H groups in total. The van der Waals surface area contributed by atoms with E-state index < -0.39 is 0 Å². The van der Waals surface area contributed by atoms with Gasteiger partial charge in [-0.05, 0) is 43.7 Å². The quantitative estimate of drug-likeness (QED) is 0.638. The molecule has 1 aromatic heterocycles. The van der Waals surface area contributed by atoms with Crippen LogP contribution in [0.25, 0.3) is 0 Å². The highest BCUT2D eigenvalue weighted by molar-refractivity contribution is 9.10. The van der Waals surface area contributed by atoms with Gasteiger partial charge in [0.1, 0.15) is 11.1 Å². The minimum absolute atomic E-state index is 0.0766. The SMILES string of the molecule is Cc1ccc([C@@H]2Nn3c(C)nnc3S[C@@H]2C(=O)Nc2ccc(Br)cc2)cc1. The number of benzene rings is 2. The van der Waals surface area contributed by atoms with E-state index in [1.807, 2.05) is 42.8 Å². The average molecular weight is 444 g/mol. The molecule has 2 aromatic carbocycles. The Morgan fingerprint density at radius 2 is 1.81 bits per heavy atom. The number of thioether (sulfide) groups is 1. The summed E-state index contributed by atoms with van der Waals surface area (Å²) in [6, 6.07) is 15.6. The first kappa shape index (κ1) is 18.1. The molecule has 2 heterocycles. The molecule has 1 aliphatic heterocycles. The Kier molecular flexibility index (Phi) is 4.92. The highest BCUT2D eigenvalue weighted by atomic mass is 79.9. The number of hydrogen-bond acceptors (Lipinski definition) is 5. The van der Waals surface area contributed by atoms with Crippen LogP contribution in [0.15, 0.2) is 58.2 Å². The zero-order valence-corrected chi connectivity index (χ0v) is 17.2. The summed E-state index contributed by atoms with van der Waals surface area (Å²) in [5.74, 6) is 0.689. The second-order valence-corrected chi connectivity index (χ2v) is 8.44. The van der Waals surface area contributed by atoms with Gasteiger partial charge >= 0.3 is 0 Å². The van der Waals surface area contributed by atoms with Crippen LogP contribution in [0.3, 0.4) is 0 Å². The second kappa shape index (κ2) is 7.36. The molecule has 6 nitrogen and oxygen atoms in total. The number of anilines is 1. The summed E-state index contributed by atoms with van der Waals surface area (Å²) in [5.41, 5.74) is 6.39. The van der Waals surface area contributed by atoms with Crippen LogP contribution in [-0.2, 0) is 4.79 Å². The molecule has 1 amide bonds. The van der Waals surface area contributed by atoms with Crippen molar-refractivity contribution in [1.82, 2.24) is 14.9 Å². The summed E-state index contributed by atoms with van der Waals surface area (Å²) in [6.45, 7) is 3.94. The molecule has 138 valence electrons. The highest BCUT2D eigenvalue weighted by Gasteiger charge is 2.37. The maximum absolute atomic E-state index is 13.1. The third-order valence-corrected chi connectivity index (χ3v) is 6.15. The highest BCUT2D eigenvalue weighted by Crippen LogP contribution is 2.37. The number of fused-ring (bicyclic) bond motifs is 1. The first-order valence-electron chi connectivity index (χ1n) is 8.49. The first-order chi connectivity index (χ1) is 13.0. The number of halogens is 1. The predicted octanol–water partition coefficient (Wildman–Crippen LogP) is 4.06. The van der Waals surface area contributed by atoms with E-state index in [0.29, 0.717) is 5.16 Å². The van der Waals surface area contributed by atoms with Crippen LogP contribution >= 0.6 is 27.7 Å². The number of aryl methyl sites for hydroxylation is 2. The summed E-state index contributed by atoms with van der Waals surface area (Å²) >= 11 is 4.83. The molecule has 0 aliphatic carbocycles. The van der Waals surface area contributed by atoms with E-state index >= 15 is 0 Å². The molecule has 3 aromatic rings. The van der Waals surface area contributed by atoms with E-state index in [1.165, 1.54) is 17.3 Å². The van der Waals surface area contributed by atoms with Crippen LogP contribution in [0.5, 0.6) is 0 Å². The van der Waals surface area contributed by atoms with Crippen molar-refractivity contribution in [3.8, 4) is 0 Å². The molecule has 27 heavy (non-hydrogen) atoms. The van der Waals surface area contributed by atoms with Crippen molar-refractivity contribution in [2.45, 2.75) is 30.3 Å². The van der Waals surface area contributed by atoms with Gasteiger partial charge in [0, 0.05) is 10.2 Å². The smallest absolute Gasteiger partial charge is 0.240 e. The van der Waals surface area contributed by atoms with Crippen LogP contribution in [-0.4, -0.2) is 26.0 Å². The minimum atomic E-state index is -0.382. The monoisotopic (exact) mass is 443 g/mol. The number of nitrogens with one attached hydrogen (secondary N) is 2. The zero-order chi connectivity index (χ0) is 19.0. The molecule has 4 rings (SSSR count). The van der Waals surface area contributed by atoms with E-state index in [1.54, 1.807) is 0 Å². The van der Waals surface area contributed by atoms with Gasteiger partial charge in [-0.25, -0.2) is 4.68 Å². The first-order valence-corrected chi connectivity index (χ1v) is 10.2. The van der Waals surface area contributed by atoms with Gasteiger partial charge in [-0.3, -0.25) is 4.79 Å². The number of hydrogen-bond donors (Lipinski definition) is 2. The van der Waals surface area contributed by atoms with Gasteiger partial charge in [-0.15, -0.1) is 10.2 Å². The number of carbonyl (C=O) groups is 1. The molecule has 0 fully saturated rings. The van der Waals surface area contributed by atoms with Gasteiger partial charge in [0.25, 0.3) is 0 Å². The topological polar surface area (TPSA) is 71.8 Å². The summed E-state index contributed by atoms with van der Waals surface area (Å²) in [6.07, 6.45) is 0. The van der Waals surface area contributed by atoms with Crippen LogP contribution < -0.4 is 10.7 Å². The van der Waals surface area contributed by atoms with Gasteiger partial charge in [-0.2, -0.15) is 0 Å². The van der Waals surface area contributed by atoms with Gasteiger partial charge in [0.15, 0.2) is 0 Å². The van der Waals surface area contributed by atoms with Crippen molar-refractivity contribution < 1.29 is 4.79 Å². The zero-order valence-electron chi connectivity index (χ0n) is 14.8. The molecular formula is C19H18BrN5OS. The molecular weight excluding hydrogens is 426 g/mol. The Labute approximate surface area is 169 Å². The van der Waals surface area contributed by atoms with Crippen molar-refractivity contribution >= 4 is 39.3 Å². The molecule has 0 spiro atoms. The largest absolute Gasteiger partial charge is 0.325 e. The van der Waals surface area contributed by atoms with Gasteiger partial charge < -0.3 is 10.7 Å². The lowest BCUT2D eigenvalue weighted by atomic mass is 10.0. The van der Waals surface area contributed by atoms with E-state index in [9.17, 15) is 4.79 Å². The number of rotatable bonds is 3. The lowest BCUT2D eigenvalue weighted by Gasteiger charge is -2.32. The van der Waals surface area contributed by atoms with Crippen molar-refractivity contribution in [2.75, 3.05) is 10.7 Å². The van der Waals surface area contributed by atoms with Crippen molar-refractivity contribution in [3.63, 3.8) is 0 Å². The number of nitrogens with zero attached hydrogens (tertiary/aromatic N) is 3. The van der Waals surface area contributed by atoms with Gasteiger partial charge in [0.05, 0.1) is 6.04 Å². The molecule has 0 saturated carbocycles. The molecule has 0 radical (unpaired) electrons. The maximum atomic E-state index is 13.1. The Morgan fingerprint density at radius 1 is 1.11 bits per heavy atom. The molecule has 1 aliphatic rings. The average Bonchev–Trinajstić information content (AvgIpc) is 3.03. The van der Waals surface area contributed by atoms with E-state index in [0.717, 1.165) is 21.5 Å². The maximum Gasteiger partial charge on any atom is 0.240 e. The molecule has 0 bridgehead atoms. The fourth-order valence-corrected chi connectivity index (χ4v) is 4.32. The second-order valence-electron chi connectivity index (χ2n) is 6.42. The minimum Gasteiger partial charge on any atom is -0.325 e. The summed E-state index contributed by atoms with van der Waals surface area (Å²) in [5, 5.41) is 11.6. The van der Waals surface area contributed by atoms with Crippen LogP contribution in [0.2, 0.25) is 0 Å². The fourth-order valence-electron chi connectivity index (χ4n) is 2.93. The number of carbonyl (C=O) groups excluding carboxylic acids is 1. The summed E-state index contributed by atoms with van der Waals surface area (Å²) < 4.78 is 2.81. The third kappa shape index (κ3) is 3.72. The fraction of sp³-hybridized carbons (Fsp3) is 0.211.